The van der Waals surface area contributed by atoms with Crippen LogP contribution in [0.25, 0.3) is 150 Å². The Bertz CT molecular complexity index is 4690. The second-order valence-corrected chi connectivity index (χ2v) is 19.1. The van der Waals surface area contributed by atoms with Gasteiger partial charge in [0.25, 0.3) is 0 Å². The van der Waals surface area contributed by atoms with Crippen LogP contribution in [0.1, 0.15) is 0 Å². The average molecular weight is 959 g/mol. The van der Waals surface area contributed by atoms with Crippen molar-refractivity contribution >= 4 is 65.7 Å². The molecule has 0 bridgehead atoms. The zero-order chi connectivity index (χ0) is 49.4. The maximum absolute atomic E-state index is 6.76. The number of nitrogens with zero attached hydrogens (tertiary/aromatic N) is 4. The normalized spacial score (nSPS) is 11.7. The lowest BCUT2D eigenvalue weighted by Gasteiger charge is -2.16. The van der Waals surface area contributed by atoms with E-state index in [4.69, 9.17) is 23.8 Å². The fourth-order valence-electron chi connectivity index (χ4n) is 11.0. The van der Waals surface area contributed by atoms with Gasteiger partial charge in [0.05, 0.1) is 16.7 Å². The molecule has 0 aliphatic rings. The van der Waals surface area contributed by atoms with E-state index in [9.17, 15) is 0 Å². The molecule has 0 aliphatic carbocycles. The minimum Gasteiger partial charge on any atom is -0.456 e. The van der Waals surface area contributed by atoms with Crippen molar-refractivity contribution < 1.29 is 8.83 Å². The van der Waals surface area contributed by atoms with Crippen molar-refractivity contribution in [2.75, 3.05) is 0 Å². The van der Waals surface area contributed by atoms with Gasteiger partial charge in [-0.05, 0) is 99.6 Å². The largest absolute Gasteiger partial charge is 0.456 e. The summed E-state index contributed by atoms with van der Waals surface area (Å²) < 4.78 is 15.8. The Morgan fingerprint density at radius 1 is 0.240 bits per heavy atom. The summed E-state index contributed by atoms with van der Waals surface area (Å²) in [4.78, 5) is 15.1. The first-order valence-corrected chi connectivity index (χ1v) is 25.2. The number of hydrogen-bond acceptors (Lipinski definition) is 5. The molecule has 11 aromatic carbocycles. The molecular weight excluding hydrogens is 917 g/mol. The highest BCUT2D eigenvalue weighted by molar-refractivity contribution is 6.13. The Morgan fingerprint density at radius 3 is 1.41 bits per heavy atom. The Hall–Kier alpha value is -10.2. The van der Waals surface area contributed by atoms with Crippen molar-refractivity contribution in [3.8, 4) is 84.4 Å². The monoisotopic (exact) mass is 958 g/mol. The molecule has 4 heterocycles. The number of para-hydroxylation sites is 2. The van der Waals surface area contributed by atoms with E-state index in [0.29, 0.717) is 17.5 Å². The minimum absolute atomic E-state index is 0.574. The first-order valence-electron chi connectivity index (χ1n) is 25.2. The van der Waals surface area contributed by atoms with Crippen molar-refractivity contribution in [1.82, 2.24) is 19.5 Å². The third kappa shape index (κ3) is 7.30. The van der Waals surface area contributed by atoms with Gasteiger partial charge < -0.3 is 13.4 Å². The topological polar surface area (TPSA) is 69.9 Å². The summed E-state index contributed by atoms with van der Waals surface area (Å²) in [6.45, 7) is 0. The molecule has 15 aromatic rings. The van der Waals surface area contributed by atoms with Gasteiger partial charge in [-0.2, -0.15) is 0 Å². The van der Waals surface area contributed by atoms with Gasteiger partial charge in [-0.3, -0.25) is 0 Å². The SMILES string of the molecule is c1ccc(-c2ccc(-c3nc(-c4ccccc4)nc(-c4ccc5c(c4)oc4cc(-c6cccc(-c7cc8c(cc7-n7c9ccccc9c9cc(-c%10ccccc%10)ccc97)oc7ccccc78)c6)ccc45)n3)cc2)cc1. The molecule has 6 heteroatoms. The molecule has 0 saturated carbocycles. The molecule has 0 saturated heterocycles. The Labute approximate surface area is 431 Å². The van der Waals surface area contributed by atoms with Crippen LogP contribution >= 0.6 is 0 Å². The zero-order valence-electron chi connectivity index (χ0n) is 40.4. The van der Waals surface area contributed by atoms with Gasteiger partial charge >= 0.3 is 0 Å². The van der Waals surface area contributed by atoms with Crippen LogP contribution < -0.4 is 0 Å². The summed E-state index contributed by atoms with van der Waals surface area (Å²) in [7, 11) is 0. The van der Waals surface area contributed by atoms with Crippen LogP contribution in [0.4, 0.5) is 0 Å². The van der Waals surface area contributed by atoms with E-state index >= 15 is 0 Å². The number of aromatic nitrogens is 4. The lowest BCUT2D eigenvalue weighted by Crippen LogP contribution is -2.00. The highest BCUT2D eigenvalue weighted by Crippen LogP contribution is 2.43. The minimum atomic E-state index is 0.574. The summed E-state index contributed by atoms with van der Waals surface area (Å²) >= 11 is 0. The van der Waals surface area contributed by atoms with Gasteiger partial charge in [0.1, 0.15) is 22.3 Å². The molecule has 0 radical (unpaired) electrons. The molecular formula is C69H42N4O2. The molecule has 15 rings (SSSR count). The fraction of sp³-hybridized carbons (Fsp3) is 0. The van der Waals surface area contributed by atoms with Crippen LogP contribution in [0.2, 0.25) is 0 Å². The molecule has 6 nitrogen and oxygen atoms in total. The first kappa shape index (κ1) is 42.5. The second kappa shape index (κ2) is 17.3. The van der Waals surface area contributed by atoms with Crippen molar-refractivity contribution in [2.45, 2.75) is 0 Å². The van der Waals surface area contributed by atoms with E-state index in [2.05, 4.69) is 211 Å². The van der Waals surface area contributed by atoms with E-state index in [1.807, 2.05) is 48.5 Å². The number of furan rings is 2. The van der Waals surface area contributed by atoms with Crippen molar-refractivity contribution in [2.24, 2.45) is 0 Å². The van der Waals surface area contributed by atoms with E-state index in [0.717, 1.165) is 111 Å². The van der Waals surface area contributed by atoms with Gasteiger partial charge in [-0.25, -0.2) is 15.0 Å². The molecule has 0 N–H and O–H groups in total. The van der Waals surface area contributed by atoms with Crippen LogP contribution in [0, 0.1) is 0 Å². The predicted octanol–water partition coefficient (Wildman–Crippen LogP) is 18.4. The summed E-state index contributed by atoms with van der Waals surface area (Å²) in [6.07, 6.45) is 0. The summed E-state index contributed by atoms with van der Waals surface area (Å²) in [5.74, 6) is 1.79. The highest BCUT2D eigenvalue weighted by atomic mass is 16.3. The van der Waals surface area contributed by atoms with Crippen LogP contribution in [0.5, 0.6) is 0 Å². The van der Waals surface area contributed by atoms with Crippen LogP contribution in [0.15, 0.2) is 264 Å². The van der Waals surface area contributed by atoms with Gasteiger partial charge in [-0.15, -0.1) is 0 Å². The number of rotatable bonds is 8. The number of benzene rings is 11. The molecule has 0 amide bonds. The third-order valence-corrected chi connectivity index (χ3v) is 14.7. The molecule has 4 aromatic heterocycles. The third-order valence-electron chi connectivity index (χ3n) is 14.7. The average Bonchev–Trinajstić information content (AvgIpc) is 4.21. The van der Waals surface area contributed by atoms with Crippen LogP contribution in [0.3, 0.4) is 0 Å². The quantitative estimate of drug-likeness (QED) is 0.152. The Morgan fingerprint density at radius 2 is 0.680 bits per heavy atom. The van der Waals surface area contributed by atoms with Gasteiger partial charge in [0, 0.05) is 60.6 Å². The van der Waals surface area contributed by atoms with Crippen molar-refractivity contribution in [1.29, 1.82) is 0 Å². The number of fused-ring (bicyclic) bond motifs is 9. The fourth-order valence-corrected chi connectivity index (χ4v) is 11.0. The van der Waals surface area contributed by atoms with Crippen molar-refractivity contribution in [3.05, 3.63) is 255 Å². The highest BCUT2D eigenvalue weighted by Gasteiger charge is 2.21. The first-order chi connectivity index (χ1) is 37.1. The molecule has 350 valence electrons. The molecule has 0 unspecified atom stereocenters. The summed E-state index contributed by atoms with van der Waals surface area (Å²) in [5.41, 5.74) is 18.2. The molecule has 0 fully saturated rings. The van der Waals surface area contributed by atoms with E-state index in [1.165, 1.54) is 21.9 Å². The molecule has 0 aliphatic heterocycles. The van der Waals surface area contributed by atoms with Crippen LogP contribution in [-0.2, 0) is 0 Å². The smallest absolute Gasteiger partial charge is 0.164 e. The standard InChI is InChI=1S/C69H42N4O2/c1-4-15-43(16-5-1)45-27-29-47(30-28-45)68-70-67(46-19-8-3-9-20-46)71-69(72-68)52-32-35-56-55-34-31-50(39-64(55)75-65(56)40-52)48-21-14-22-51(37-48)57-41-59-54-24-11-13-26-63(54)74-66(59)42-62(57)73-60-25-12-10-23-53(60)58-38-49(33-36-61(58)73)44-17-6-2-7-18-44/h1-42H. The second-order valence-electron chi connectivity index (χ2n) is 19.1. The Balaban J connectivity index is 0.831. The lowest BCUT2D eigenvalue weighted by atomic mass is 9.96. The van der Waals surface area contributed by atoms with Crippen LogP contribution in [-0.4, -0.2) is 19.5 Å². The summed E-state index contributed by atoms with van der Waals surface area (Å²) in [6, 6.07) is 89.5. The predicted molar refractivity (Wildman–Crippen MR) is 307 cm³/mol. The van der Waals surface area contributed by atoms with Gasteiger partial charge in [-0.1, -0.05) is 188 Å². The molecule has 0 atom stereocenters. The maximum Gasteiger partial charge on any atom is 0.164 e. The van der Waals surface area contributed by atoms with Crippen molar-refractivity contribution in [3.63, 3.8) is 0 Å². The number of hydrogen-bond donors (Lipinski definition) is 0. The summed E-state index contributed by atoms with van der Waals surface area (Å²) in [5, 5.41) is 6.62. The van der Waals surface area contributed by atoms with Gasteiger partial charge in [0.15, 0.2) is 17.5 Å². The van der Waals surface area contributed by atoms with E-state index in [-0.39, 0.29) is 0 Å². The van der Waals surface area contributed by atoms with E-state index in [1.54, 1.807) is 0 Å². The van der Waals surface area contributed by atoms with Gasteiger partial charge in [0.2, 0.25) is 0 Å². The lowest BCUT2D eigenvalue weighted by molar-refractivity contribution is 0.668. The van der Waals surface area contributed by atoms with E-state index < -0.39 is 0 Å². The molecule has 0 spiro atoms. The zero-order valence-corrected chi connectivity index (χ0v) is 40.4. The molecule has 75 heavy (non-hydrogen) atoms. The maximum atomic E-state index is 6.76. The Kier molecular flexibility index (Phi) is 9.78.